The Balaban J connectivity index is 1.81. The number of hydrogen-bond acceptors (Lipinski definition) is 3. The molecule has 0 aliphatic rings. The monoisotopic (exact) mass is 245 g/mol. The highest BCUT2D eigenvalue weighted by molar-refractivity contribution is 5.75. The van der Waals surface area contributed by atoms with Crippen molar-refractivity contribution in [3.8, 4) is 0 Å². The van der Waals surface area contributed by atoms with Crippen molar-refractivity contribution >= 4 is 5.91 Å². The Morgan fingerprint density at radius 2 is 2.00 bits per heavy atom. The van der Waals surface area contributed by atoms with E-state index >= 15 is 0 Å². The van der Waals surface area contributed by atoms with Crippen LogP contribution >= 0.6 is 0 Å². The van der Waals surface area contributed by atoms with Gasteiger partial charge in [-0.2, -0.15) is 5.10 Å². The Bertz CT molecular complexity index is 491. The molecule has 1 aromatic carbocycles. The van der Waals surface area contributed by atoms with Crippen molar-refractivity contribution in [1.82, 2.24) is 15.1 Å². The van der Waals surface area contributed by atoms with Crippen molar-refractivity contribution in [1.29, 1.82) is 0 Å². The molecule has 0 atom stereocenters. The van der Waals surface area contributed by atoms with Gasteiger partial charge in [-0.05, 0) is 17.2 Å². The minimum Gasteiger partial charge on any atom is -0.392 e. The molecular formula is C13H15N3O2. The van der Waals surface area contributed by atoms with E-state index in [0.29, 0.717) is 6.54 Å². The van der Waals surface area contributed by atoms with Crippen LogP contribution in [-0.4, -0.2) is 20.8 Å². The summed E-state index contributed by atoms with van der Waals surface area (Å²) in [6, 6.07) is 9.24. The van der Waals surface area contributed by atoms with E-state index < -0.39 is 0 Å². The first kappa shape index (κ1) is 12.3. The van der Waals surface area contributed by atoms with Gasteiger partial charge in [0.15, 0.2) is 0 Å². The molecule has 0 saturated heterocycles. The van der Waals surface area contributed by atoms with Crippen LogP contribution in [0.4, 0.5) is 0 Å². The summed E-state index contributed by atoms with van der Waals surface area (Å²) in [5.74, 6) is -0.0788. The van der Waals surface area contributed by atoms with Crippen molar-refractivity contribution in [2.24, 2.45) is 0 Å². The highest BCUT2D eigenvalue weighted by Crippen LogP contribution is 2.03. The molecule has 0 spiro atoms. The maximum atomic E-state index is 11.6. The zero-order valence-electron chi connectivity index (χ0n) is 9.91. The number of aromatic nitrogens is 2. The van der Waals surface area contributed by atoms with Crippen LogP contribution in [0.25, 0.3) is 0 Å². The van der Waals surface area contributed by atoms with Crippen LogP contribution in [0.3, 0.4) is 0 Å². The summed E-state index contributed by atoms with van der Waals surface area (Å²) in [7, 11) is 0. The molecule has 1 amide bonds. The predicted octanol–water partition coefficient (Wildman–Crippen LogP) is 0.692. The van der Waals surface area contributed by atoms with E-state index in [0.717, 1.165) is 11.1 Å². The summed E-state index contributed by atoms with van der Waals surface area (Å²) in [5.41, 5.74) is 1.86. The lowest BCUT2D eigenvalue weighted by Crippen LogP contribution is -2.27. The van der Waals surface area contributed by atoms with Gasteiger partial charge in [-0.15, -0.1) is 0 Å². The van der Waals surface area contributed by atoms with E-state index in [2.05, 4.69) is 10.4 Å². The molecule has 0 aliphatic carbocycles. The highest BCUT2D eigenvalue weighted by atomic mass is 16.3. The second-order valence-electron chi connectivity index (χ2n) is 3.95. The van der Waals surface area contributed by atoms with Gasteiger partial charge in [-0.3, -0.25) is 9.48 Å². The van der Waals surface area contributed by atoms with Crippen LogP contribution in [0, 0.1) is 0 Å². The Morgan fingerprint density at radius 3 is 2.61 bits per heavy atom. The van der Waals surface area contributed by atoms with Crippen LogP contribution in [0.1, 0.15) is 11.1 Å². The molecule has 5 nitrogen and oxygen atoms in total. The number of carbonyl (C=O) groups excluding carboxylic acids is 1. The Hall–Kier alpha value is -2.14. The molecule has 0 unspecified atom stereocenters. The van der Waals surface area contributed by atoms with E-state index in [-0.39, 0.29) is 19.1 Å². The van der Waals surface area contributed by atoms with Crippen LogP contribution in [0.5, 0.6) is 0 Å². The number of carbonyl (C=O) groups is 1. The molecule has 5 heteroatoms. The van der Waals surface area contributed by atoms with Crippen LogP contribution in [0.2, 0.25) is 0 Å². The fraction of sp³-hybridized carbons (Fsp3) is 0.231. The van der Waals surface area contributed by atoms with Crippen LogP contribution in [0.15, 0.2) is 42.7 Å². The fourth-order valence-electron chi connectivity index (χ4n) is 1.56. The highest BCUT2D eigenvalue weighted by Gasteiger charge is 2.02. The number of hydrogen-bond donors (Lipinski definition) is 2. The number of nitrogens with zero attached hydrogens (tertiary/aromatic N) is 2. The number of nitrogens with one attached hydrogen (secondary N) is 1. The molecular weight excluding hydrogens is 230 g/mol. The molecule has 0 aliphatic heterocycles. The SMILES string of the molecule is O=C(Cn1cccn1)NCc1ccc(CO)cc1. The van der Waals surface area contributed by atoms with E-state index in [4.69, 9.17) is 5.11 Å². The average molecular weight is 245 g/mol. The molecule has 18 heavy (non-hydrogen) atoms. The number of rotatable bonds is 5. The second kappa shape index (κ2) is 5.97. The summed E-state index contributed by atoms with van der Waals surface area (Å²) in [6.45, 7) is 0.736. The van der Waals surface area contributed by atoms with Crippen LogP contribution < -0.4 is 5.32 Å². The van der Waals surface area contributed by atoms with Crippen LogP contribution in [-0.2, 0) is 24.5 Å². The largest absolute Gasteiger partial charge is 0.392 e. The fourth-order valence-corrected chi connectivity index (χ4v) is 1.56. The lowest BCUT2D eigenvalue weighted by Gasteiger charge is -2.06. The standard InChI is InChI=1S/C13H15N3O2/c17-10-12-4-2-11(3-5-12)8-14-13(18)9-16-7-1-6-15-16/h1-7,17H,8-10H2,(H,14,18). The van der Waals surface area contributed by atoms with Gasteiger partial charge in [0.25, 0.3) is 0 Å². The van der Waals surface area contributed by atoms with Crippen molar-refractivity contribution < 1.29 is 9.90 Å². The summed E-state index contributed by atoms with van der Waals surface area (Å²) >= 11 is 0. The number of aliphatic hydroxyl groups excluding tert-OH is 1. The van der Waals surface area contributed by atoms with E-state index in [1.807, 2.05) is 24.3 Å². The van der Waals surface area contributed by atoms with Crippen molar-refractivity contribution in [3.63, 3.8) is 0 Å². The molecule has 0 bridgehead atoms. The first-order valence-electron chi connectivity index (χ1n) is 5.71. The third-order valence-corrected chi connectivity index (χ3v) is 2.56. The number of aliphatic hydroxyl groups is 1. The van der Waals surface area contributed by atoms with Gasteiger partial charge in [0.2, 0.25) is 5.91 Å². The predicted molar refractivity (Wildman–Crippen MR) is 66.4 cm³/mol. The molecule has 94 valence electrons. The zero-order chi connectivity index (χ0) is 12.8. The molecule has 1 aromatic heterocycles. The van der Waals surface area contributed by atoms with Crippen molar-refractivity contribution in [2.45, 2.75) is 19.7 Å². The van der Waals surface area contributed by atoms with Gasteiger partial charge in [-0.25, -0.2) is 0 Å². The van der Waals surface area contributed by atoms with Crippen molar-refractivity contribution in [2.75, 3.05) is 0 Å². The third-order valence-electron chi connectivity index (χ3n) is 2.56. The van der Waals surface area contributed by atoms with Gasteiger partial charge in [0, 0.05) is 18.9 Å². The van der Waals surface area contributed by atoms with E-state index in [1.54, 1.807) is 23.1 Å². The summed E-state index contributed by atoms with van der Waals surface area (Å²) in [5, 5.41) is 15.7. The van der Waals surface area contributed by atoms with Crippen molar-refractivity contribution in [3.05, 3.63) is 53.9 Å². The second-order valence-corrected chi connectivity index (χ2v) is 3.95. The first-order chi connectivity index (χ1) is 8.78. The molecule has 0 saturated carbocycles. The van der Waals surface area contributed by atoms with E-state index in [9.17, 15) is 4.79 Å². The lowest BCUT2D eigenvalue weighted by molar-refractivity contribution is -0.122. The normalized spacial score (nSPS) is 10.3. The maximum Gasteiger partial charge on any atom is 0.241 e. The Labute approximate surface area is 105 Å². The maximum absolute atomic E-state index is 11.6. The smallest absolute Gasteiger partial charge is 0.241 e. The number of amides is 1. The summed E-state index contributed by atoms with van der Waals surface area (Å²) in [4.78, 5) is 11.6. The Kier molecular flexibility index (Phi) is 4.09. The minimum absolute atomic E-state index is 0.0337. The quantitative estimate of drug-likeness (QED) is 0.814. The van der Waals surface area contributed by atoms with Gasteiger partial charge in [0.1, 0.15) is 6.54 Å². The van der Waals surface area contributed by atoms with Gasteiger partial charge < -0.3 is 10.4 Å². The Morgan fingerprint density at radius 1 is 1.28 bits per heavy atom. The summed E-state index contributed by atoms with van der Waals surface area (Å²) in [6.07, 6.45) is 3.39. The minimum atomic E-state index is -0.0788. The molecule has 2 rings (SSSR count). The van der Waals surface area contributed by atoms with Gasteiger partial charge in [-0.1, -0.05) is 24.3 Å². The van der Waals surface area contributed by atoms with Gasteiger partial charge in [0.05, 0.1) is 6.61 Å². The molecule has 0 radical (unpaired) electrons. The molecule has 2 aromatic rings. The van der Waals surface area contributed by atoms with E-state index in [1.165, 1.54) is 0 Å². The molecule has 0 fully saturated rings. The van der Waals surface area contributed by atoms with Gasteiger partial charge >= 0.3 is 0 Å². The third kappa shape index (κ3) is 3.43. The number of benzene rings is 1. The zero-order valence-corrected chi connectivity index (χ0v) is 9.91. The summed E-state index contributed by atoms with van der Waals surface area (Å²) < 4.78 is 1.57. The lowest BCUT2D eigenvalue weighted by atomic mass is 10.1. The molecule has 2 N–H and O–H groups in total. The molecule has 1 heterocycles. The average Bonchev–Trinajstić information content (AvgIpc) is 2.90. The topological polar surface area (TPSA) is 67.2 Å². The first-order valence-corrected chi connectivity index (χ1v) is 5.71.